The quantitative estimate of drug-likeness (QED) is 0.573. The first-order valence-electron chi connectivity index (χ1n) is 4.42. The number of fused-ring (bicyclic) bond motifs is 1. The Morgan fingerprint density at radius 3 is 2.61 bits per heavy atom. The summed E-state index contributed by atoms with van der Waals surface area (Å²) in [6.45, 7) is 0. The summed E-state index contributed by atoms with van der Waals surface area (Å²) >= 11 is 0. The van der Waals surface area contributed by atoms with Gasteiger partial charge in [0, 0.05) is 12.1 Å². The molecule has 2 aromatic rings. The number of carbonyl (C=O) groups excluding carboxylic acids is 1. The summed E-state index contributed by atoms with van der Waals surface area (Å²) in [5, 5.41) is 16.9. The number of non-ortho nitro benzene ring substituents is 1. The van der Waals surface area contributed by atoms with Gasteiger partial charge in [0.15, 0.2) is 0 Å². The first kappa shape index (κ1) is 12.0. The molecule has 0 atom stereocenters. The van der Waals surface area contributed by atoms with Crippen LogP contribution in [0.2, 0.25) is 0 Å². The molecule has 0 N–H and O–H groups in total. The number of halogens is 3. The number of hydrogen-bond acceptors (Lipinski definition) is 5. The van der Waals surface area contributed by atoms with Crippen LogP contribution in [0, 0.1) is 10.1 Å². The third-order valence-corrected chi connectivity index (χ3v) is 2.07. The zero-order chi connectivity index (χ0) is 13.5. The summed E-state index contributed by atoms with van der Waals surface area (Å²) in [5.41, 5.74) is -0.870. The van der Waals surface area contributed by atoms with E-state index in [9.17, 15) is 28.1 Å². The van der Waals surface area contributed by atoms with Crippen molar-refractivity contribution in [2.24, 2.45) is 0 Å². The first-order chi connectivity index (χ1) is 8.30. The molecule has 0 aliphatic rings. The molecule has 0 saturated heterocycles. The van der Waals surface area contributed by atoms with Gasteiger partial charge in [-0.1, -0.05) is 5.21 Å². The summed E-state index contributed by atoms with van der Waals surface area (Å²) in [6, 6.07) is 2.97. The summed E-state index contributed by atoms with van der Waals surface area (Å²) in [6.07, 6.45) is -5.13. The fourth-order valence-corrected chi connectivity index (χ4v) is 1.29. The van der Waals surface area contributed by atoms with Crippen molar-refractivity contribution in [3.8, 4) is 0 Å². The van der Waals surface area contributed by atoms with Gasteiger partial charge in [-0.25, -0.2) is 0 Å². The van der Waals surface area contributed by atoms with E-state index in [0.29, 0.717) is 0 Å². The molecule has 0 radical (unpaired) electrons. The summed E-state index contributed by atoms with van der Waals surface area (Å²) < 4.78 is 36.7. The second kappa shape index (κ2) is 3.75. The molecule has 0 amide bonds. The van der Waals surface area contributed by atoms with Gasteiger partial charge in [0.05, 0.1) is 4.92 Å². The molecule has 1 heterocycles. The minimum absolute atomic E-state index is 0.0116. The second-order valence-electron chi connectivity index (χ2n) is 3.23. The zero-order valence-corrected chi connectivity index (χ0v) is 8.38. The molecule has 10 heteroatoms. The SMILES string of the molecule is O=C(n1nnc2ccc([N+](=O)[O-])cc21)C(F)(F)F. The Hall–Kier alpha value is -2.52. The Balaban J connectivity index is 2.62. The molecule has 0 fully saturated rings. The van der Waals surface area contributed by atoms with E-state index in [1.54, 1.807) is 0 Å². The molecule has 18 heavy (non-hydrogen) atoms. The number of hydrogen-bond donors (Lipinski definition) is 0. The Morgan fingerprint density at radius 1 is 1.39 bits per heavy atom. The number of carbonyl (C=O) groups is 1. The molecule has 0 aliphatic carbocycles. The average Bonchev–Trinajstić information content (AvgIpc) is 2.68. The maximum atomic E-state index is 12.2. The van der Waals surface area contributed by atoms with Crippen LogP contribution in [-0.2, 0) is 0 Å². The molecule has 0 unspecified atom stereocenters. The first-order valence-corrected chi connectivity index (χ1v) is 4.42. The van der Waals surface area contributed by atoms with Crippen molar-refractivity contribution >= 4 is 22.6 Å². The molecule has 0 spiro atoms. The molecule has 0 saturated carbocycles. The Morgan fingerprint density at radius 2 is 2.06 bits per heavy atom. The van der Waals surface area contributed by atoms with Crippen LogP contribution >= 0.6 is 0 Å². The van der Waals surface area contributed by atoms with Crippen LogP contribution in [0.25, 0.3) is 11.0 Å². The highest BCUT2D eigenvalue weighted by atomic mass is 19.4. The van der Waals surface area contributed by atoms with Crippen molar-refractivity contribution in [2.45, 2.75) is 6.18 Å². The molecule has 2 rings (SSSR count). The van der Waals surface area contributed by atoms with Crippen molar-refractivity contribution in [2.75, 3.05) is 0 Å². The number of nitro benzene ring substituents is 1. The lowest BCUT2D eigenvalue weighted by Gasteiger charge is -2.04. The molecule has 1 aromatic heterocycles. The lowest BCUT2D eigenvalue weighted by Crippen LogP contribution is -2.29. The number of benzene rings is 1. The Bertz CT molecular complexity index is 649. The van der Waals surface area contributed by atoms with Crippen molar-refractivity contribution in [1.82, 2.24) is 15.0 Å². The van der Waals surface area contributed by atoms with Gasteiger partial charge in [-0.2, -0.15) is 17.9 Å². The number of alkyl halides is 3. The lowest BCUT2D eigenvalue weighted by atomic mass is 10.3. The Labute approximate surface area is 95.9 Å². The topological polar surface area (TPSA) is 90.9 Å². The highest BCUT2D eigenvalue weighted by Gasteiger charge is 2.41. The van der Waals surface area contributed by atoms with Gasteiger partial charge in [0.1, 0.15) is 11.0 Å². The molecule has 94 valence electrons. The van der Waals surface area contributed by atoms with Crippen molar-refractivity contribution < 1.29 is 22.9 Å². The predicted molar refractivity (Wildman–Crippen MR) is 50.9 cm³/mol. The molecule has 1 aromatic carbocycles. The molecule has 0 aliphatic heterocycles. The van der Waals surface area contributed by atoms with E-state index in [-0.39, 0.29) is 15.7 Å². The Kier molecular flexibility index (Phi) is 2.49. The van der Waals surface area contributed by atoms with E-state index >= 15 is 0 Å². The fourth-order valence-electron chi connectivity index (χ4n) is 1.29. The van der Waals surface area contributed by atoms with Gasteiger partial charge in [0.25, 0.3) is 5.69 Å². The zero-order valence-electron chi connectivity index (χ0n) is 8.38. The van der Waals surface area contributed by atoms with Crippen LogP contribution in [0.3, 0.4) is 0 Å². The van der Waals surface area contributed by atoms with Gasteiger partial charge in [0.2, 0.25) is 0 Å². The van der Waals surface area contributed by atoms with Crippen molar-refractivity contribution in [3.05, 3.63) is 28.3 Å². The van der Waals surface area contributed by atoms with E-state index < -0.39 is 22.7 Å². The smallest absolute Gasteiger partial charge is 0.262 e. The highest BCUT2D eigenvalue weighted by Crippen LogP contribution is 2.23. The van der Waals surface area contributed by atoms with E-state index in [1.165, 1.54) is 0 Å². The maximum Gasteiger partial charge on any atom is 0.473 e. The van der Waals surface area contributed by atoms with Crippen LogP contribution < -0.4 is 0 Å². The third kappa shape index (κ3) is 1.87. The monoisotopic (exact) mass is 260 g/mol. The van der Waals surface area contributed by atoms with Gasteiger partial charge >= 0.3 is 12.1 Å². The van der Waals surface area contributed by atoms with E-state index in [1.807, 2.05) is 0 Å². The van der Waals surface area contributed by atoms with Gasteiger partial charge in [-0.05, 0) is 6.07 Å². The fraction of sp³-hybridized carbons (Fsp3) is 0.125. The maximum absolute atomic E-state index is 12.2. The minimum atomic E-state index is -5.13. The van der Waals surface area contributed by atoms with E-state index in [2.05, 4.69) is 10.3 Å². The predicted octanol–water partition coefficient (Wildman–Crippen LogP) is 1.54. The summed E-state index contributed by atoms with van der Waals surface area (Å²) in [5.74, 6) is -2.26. The average molecular weight is 260 g/mol. The number of rotatable bonds is 1. The van der Waals surface area contributed by atoms with Gasteiger partial charge in [-0.15, -0.1) is 5.10 Å². The second-order valence-corrected chi connectivity index (χ2v) is 3.23. The molecule has 7 nitrogen and oxygen atoms in total. The molecular weight excluding hydrogens is 257 g/mol. The summed E-state index contributed by atoms with van der Waals surface area (Å²) in [4.78, 5) is 20.7. The van der Waals surface area contributed by atoms with Gasteiger partial charge < -0.3 is 0 Å². The lowest BCUT2D eigenvalue weighted by molar-refractivity contribution is -0.384. The van der Waals surface area contributed by atoms with Crippen LogP contribution in [0.1, 0.15) is 4.79 Å². The summed E-state index contributed by atoms with van der Waals surface area (Å²) in [7, 11) is 0. The van der Waals surface area contributed by atoms with Crippen molar-refractivity contribution in [3.63, 3.8) is 0 Å². The number of aromatic nitrogens is 3. The van der Waals surface area contributed by atoms with Crippen LogP contribution in [0.5, 0.6) is 0 Å². The number of nitrogens with zero attached hydrogens (tertiary/aromatic N) is 4. The van der Waals surface area contributed by atoms with Crippen LogP contribution in [0.15, 0.2) is 18.2 Å². The van der Waals surface area contributed by atoms with Crippen molar-refractivity contribution in [1.29, 1.82) is 0 Å². The van der Waals surface area contributed by atoms with E-state index in [0.717, 1.165) is 18.2 Å². The van der Waals surface area contributed by atoms with E-state index in [4.69, 9.17) is 0 Å². The largest absolute Gasteiger partial charge is 0.473 e. The third-order valence-electron chi connectivity index (χ3n) is 2.07. The standard InChI is InChI=1S/C8H3F3N4O3/c9-8(10,11)7(16)14-6-3-4(15(17)18)1-2-5(6)12-13-14/h1-3H. The number of nitro groups is 1. The minimum Gasteiger partial charge on any atom is -0.262 e. The molecular formula is C8H3F3N4O3. The van der Waals surface area contributed by atoms with Crippen LogP contribution in [-0.4, -0.2) is 32.0 Å². The normalized spacial score (nSPS) is 11.7. The molecule has 0 bridgehead atoms. The van der Waals surface area contributed by atoms with Crippen LogP contribution in [0.4, 0.5) is 18.9 Å². The highest BCUT2D eigenvalue weighted by molar-refractivity contribution is 5.92. The van der Waals surface area contributed by atoms with Gasteiger partial charge in [-0.3, -0.25) is 14.9 Å².